The number of carbonyl (C=O) groups excluding carboxylic acids is 2. The van der Waals surface area contributed by atoms with Crippen LogP contribution in [0.1, 0.15) is 25.3 Å². The van der Waals surface area contributed by atoms with Gasteiger partial charge in [0, 0.05) is 13.1 Å². The van der Waals surface area contributed by atoms with Crippen molar-refractivity contribution in [2.45, 2.75) is 32.4 Å². The van der Waals surface area contributed by atoms with Crippen LogP contribution in [0.3, 0.4) is 0 Å². The van der Waals surface area contributed by atoms with E-state index >= 15 is 0 Å². The molecule has 0 aromatic heterocycles. The summed E-state index contributed by atoms with van der Waals surface area (Å²) in [7, 11) is 0. The molecule has 1 aromatic rings. The molecule has 0 aliphatic carbocycles. The average Bonchev–Trinajstić information content (AvgIpc) is 2.63. The minimum atomic E-state index is -0.563. The lowest BCUT2D eigenvalue weighted by Crippen LogP contribution is -2.57. The van der Waals surface area contributed by atoms with Crippen molar-refractivity contribution >= 4 is 11.8 Å². The van der Waals surface area contributed by atoms with Gasteiger partial charge in [0.2, 0.25) is 11.8 Å². The summed E-state index contributed by atoms with van der Waals surface area (Å²) in [4.78, 5) is 26.7. The average molecular weight is 345 g/mol. The first-order chi connectivity index (χ1) is 12.1. The van der Waals surface area contributed by atoms with Crippen LogP contribution < -0.4 is 10.6 Å². The Morgan fingerprint density at radius 1 is 1.32 bits per heavy atom. The van der Waals surface area contributed by atoms with Gasteiger partial charge in [0.05, 0.1) is 6.61 Å². The Labute approximate surface area is 148 Å². The SMILES string of the molecule is CC1(CNC(=O)[C@H]2COCC(=O)N2Cc2ccccc2)CCNCC1. The number of nitrogens with one attached hydrogen (secondary N) is 2. The number of amides is 2. The predicted molar refractivity (Wildman–Crippen MR) is 94.8 cm³/mol. The third kappa shape index (κ3) is 4.58. The molecule has 3 rings (SSSR count). The van der Waals surface area contributed by atoms with Crippen LogP contribution in [0, 0.1) is 5.41 Å². The van der Waals surface area contributed by atoms with E-state index in [1.54, 1.807) is 4.90 Å². The number of nitrogens with zero attached hydrogens (tertiary/aromatic N) is 1. The first kappa shape index (κ1) is 17.9. The van der Waals surface area contributed by atoms with Crippen LogP contribution in [0.25, 0.3) is 0 Å². The molecule has 2 amide bonds. The fourth-order valence-electron chi connectivity index (χ4n) is 3.43. The van der Waals surface area contributed by atoms with Gasteiger partial charge in [-0.3, -0.25) is 9.59 Å². The molecule has 6 nitrogen and oxygen atoms in total. The fraction of sp³-hybridized carbons (Fsp3) is 0.579. The highest BCUT2D eigenvalue weighted by Gasteiger charge is 2.35. The van der Waals surface area contributed by atoms with Gasteiger partial charge in [-0.2, -0.15) is 0 Å². The Hall–Kier alpha value is -1.92. The molecule has 2 aliphatic rings. The summed E-state index contributed by atoms with van der Waals surface area (Å²) in [6.45, 7) is 5.54. The molecular formula is C19H27N3O3. The zero-order valence-corrected chi connectivity index (χ0v) is 14.8. The van der Waals surface area contributed by atoms with Crippen LogP contribution in [0.5, 0.6) is 0 Å². The molecule has 2 heterocycles. The largest absolute Gasteiger partial charge is 0.369 e. The van der Waals surface area contributed by atoms with Crippen LogP contribution in [0.15, 0.2) is 30.3 Å². The van der Waals surface area contributed by atoms with Crippen LogP contribution in [-0.4, -0.2) is 55.6 Å². The Kier molecular flexibility index (Phi) is 5.71. The van der Waals surface area contributed by atoms with Gasteiger partial charge in [-0.05, 0) is 36.9 Å². The maximum atomic E-state index is 12.7. The number of ether oxygens (including phenoxy) is 1. The molecule has 2 N–H and O–H groups in total. The van der Waals surface area contributed by atoms with Crippen LogP contribution in [0.4, 0.5) is 0 Å². The van der Waals surface area contributed by atoms with E-state index in [2.05, 4.69) is 17.6 Å². The molecule has 2 aliphatic heterocycles. The maximum absolute atomic E-state index is 12.7. The Morgan fingerprint density at radius 3 is 2.76 bits per heavy atom. The van der Waals surface area contributed by atoms with Gasteiger partial charge in [0.1, 0.15) is 12.6 Å². The van der Waals surface area contributed by atoms with E-state index < -0.39 is 6.04 Å². The van der Waals surface area contributed by atoms with Gasteiger partial charge in [-0.15, -0.1) is 0 Å². The topological polar surface area (TPSA) is 70.7 Å². The molecule has 6 heteroatoms. The van der Waals surface area contributed by atoms with E-state index in [0.29, 0.717) is 13.1 Å². The lowest BCUT2D eigenvalue weighted by Gasteiger charge is -2.37. The predicted octanol–water partition coefficient (Wildman–Crippen LogP) is 0.920. The van der Waals surface area contributed by atoms with Crippen molar-refractivity contribution in [3.05, 3.63) is 35.9 Å². The molecular weight excluding hydrogens is 318 g/mol. The second-order valence-corrected chi connectivity index (χ2v) is 7.32. The minimum absolute atomic E-state index is 0.0417. The highest BCUT2D eigenvalue weighted by atomic mass is 16.5. The molecule has 0 saturated carbocycles. The lowest BCUT2D eigenvalue weighted by atomic mass is 9.81. The van der Waals surface area contributed by atoms with Gasteiger partial charge >= 0.3 is 0 Å². The van der Waals surface area contributed by atoms with Crippen molar-refractivity contribution in [3.8, 4) is 0 Å². The van der Waals surface area contributed by atoms with Crippen LogP contribution in [0.2, 0.25) is 0 Å². The lowest BCUT2D eigenvalue weighted by molar-refractivity contribution is -0.155. The third-order valence-corrected chi connectivity index (χ3v) is 5.20. The Balaban J connectivity index is 1.63. The smallest absolute Gasteiger partial charge is 0.249 e. The Morgan fingerprint density at radius 2 is 2.04 bits per heavy atom. The van der Waals surface area contributed by atoms with E-state index in [0.717, 1.165) is 31.5 Å². The maximum Gasteiger partial charge on any atom is 0.249 e. The van der Waals surface area contributed by atoms with Crippen LogP contribution in [-0.2, 0) is 20.9 Å². The molecule has 2 fully saturated rings. The summed E-state index contributed by atoms with van der Waals surface area (Å²) < 4.78 is 5.34. The summed E-state index contributed by atoms with van der Waals surface area (Å²) in [5, 5.41) is 6.40. The summed E-state index contributed by atoms with van der Waals surface area (Å²) in [6, 6.07) is 9.18. The second-order valence-electron chi connectivity index (χ2n) is 7.32. The number of hydrogen-bond acceptors (Lipinski definition) is 4. The molecule has 0 radical (unpaired) electrons. The van der Waals surface area contributed by atoms with Crippen molar-refractivity contribution in [2.24, 2.45) is 5.41 Å². The molecule has 0 spiro atoms. The standard InChI is InChI=1S/C19H27N3O3/c1-19(7-9-20-10-8-19)14-21-18(24)16-12-25-13-17(23)22(16)11-15-5-3-2-4-6-15/h2-6,16,20H,7-14H2,1H3,(H,21,24)/t16-/m1/s1. The van der Waals surface area contributed by atoms with E-state index in [1.807, 2.05) is 30.3 Å². The van der Waals surface area contributed by atoms with E-state index in [1.165, 1.54) is 0 Å². The molecule has 136 valence electrons. The normalized spacial score (nSPS) is 23.3. The van der Waals surface area contributed by atoms with E-state index in [-0.39, 0.29) is 30.4 Å². The molecule has 2 saturated heterocycles. The zero-order chi connectivity index (χ0) is 17.7. The van der Waals surface area contributed by atoms with E-state index in [4.69, 9.17) is 4.74 Å². The number of hydrogen-bond donors (Lipinski definition) is 2. The van der Waals surface area contributed by atoms with Crippen molar-refractivity contribution < 1.29 is 14.3 Å². The second kappa shape index (κ2) is 7.97. The van der Waals surface area contributed by atoms with Gasteiger partial charge in [0.25, 0.3) is 0 Å². The summed E-state index contributed by atoms with van der Waals surface area (Å²) >= 11 is 0. The van der Waals surface area contributed by atoms with Gasteiger partial charge in [-0.25, -0.2) is 0 Å². The summed E-state index contributed by atoms with van der Waals surface area (Å²) in [6.07, 6.45) is 2.09. The van der Waals surface area contributed by atoms with Crippen molar-refractivity contribution in [1.29, 1.82) is 0 Å². The number of piperidine rings is 1. The van der Waals surface area contributed by atoms with Crippen molar-refractivity contribution in [3.63, 3.8) is 0 Å². The molecule has 1 atom stereocenters. The number of rotatable bonds is 5. The molecule has 0 unspecified atom stereocenters. The minimum Gasteiger partial charge on any atom is -0.369 e. The fourth-order valence-corrected chi connectivity index (χ4v) is 3.43. The zero-order valence-electron chi connectivity index (χ0n) is 14.8. The van der Waals surface area contributed by atoms with Gasteiger partial charge in [-0.1, -0.05) is 37.3 Å². The number of morpholine rings is 1. The number of carbonyl (C=O) groups is 2. The monoisotopic (exact) mass is 345 g/mol. The van der Waals surface area contributed by atoms with Crippen molar-refractivity contribution in [1.82, 2.24) is 15.5 Å². The van der Waals surface area contributed by atoms with Gasteiger partial charge in [0.15, 0.2) is 0 Å². The molecule has 25 heavy (non-hydrogen) atoms. The van der Waals surface area contributed by atoms with Gasteiger partial charge < -0.3 is 20.3 Å². The highest BCUT2D eigenvalue weighted by molar-refractivity contribution is 5.89. The van der Waals surface area contributed by atoms with Crippen LogP contribution >= 0.6 is 0 Å². The molecule has 1 aromatic carbocycles. The summed E-state index contributed by atoms with van der Waals surface area (Å²) in [5.41, 5.74) is 1.13. The molecule has 0 bridgehead atoms. The first-order valence-corrected chi connectivity index (χ1v) is 8.97. The quantitative estimate of drug-likeness (QED) is 0.833. The third-order valence-electron chi connectivity index (χ3n) is 5.20. The summed E-state index contributed by atoms with van der Waals surface area (Å²) in [5.74, 6) is -0.257. The number of benzene rings is 1. The first-order valence-electron chi connectivity index (χ1n) is 8.97. The van der Waals surface area contributed by atoms with E-state index in [9.17, 15) is 9.59 Å². The van der Waals surface area contributed by atoms with Crippen molar-refractivity contribution in [2.75, 3.05) is 32.8 Å². The highest BCUT2D eigenvalue weighted by Crippen LogP contribution is 2.26. The Bertz CT molecular complexity index is 599.